The molecule has 1 saturated carbocycles. The van der Waals surface area contributed by atoms with E-state index in [-0.39, 0.29) is 0 Å². The van der Waals surface area contributed by atoms with Crippen molar-refractivity contribution in [1.82, 2.24) is 5.32 Å². The van der Waals surface area contributed by atoms with Crippen LogP contribution in [0.4, 0.5) is 4.79 Å². The monoisotopic (exact) mass is 383 g/mol. The van der Waals surface area contributed by atoms with Crippen LogP contribution in [0, 0.1) is 5.41 Å². The van der Waals surface area contributed by atoms with E-state index in [1.165, 1.54) is 0 Å². The fraction of sp³-hybridized carbons (Fsp3) is 0.529. The molecule has 1 aliphatic rings. The first-order valence-electron chi connectivity index (χ1n) is 7.60. The number of carbonyl (C=O) groups excluding carboxylic acids is 1. The molecule has 0 bridgehead atoms. The van der Waals surface area contributed by atoms with Gasteiger partial charge in [0.15, 0.2) is 0 Å². The lowest BCUT2D eigenvalue weighted by Gasteiger charge is -2.46. The maximum absolute atomic E-state index is 11.9. The topological polar surface area (TPSA) is 75.6 Å². The molecule has 126 valence electrons. The molecule has 1 aromatic carbocycles. The minimum absolute atomic E-state index is 0.377. The SMILES string of the molecule is CC(C)(C)OC(=O)NC1CCC1(Cc1cccc(Br)c1)C(=O)O. The molecular formula is C17H22BrNO4. The molecule has 6 heteroatoms. The number of amides is 1. The minimum Gasteiger partial charge on any atom is -0.481 e. The van der Waals surface area contributed by atoms with Gasteiger partial charge in [0, 0.05) is 10.5 Å². The summed E-state index contributed by atoms with van der Waals surface area (Å²) in [5.41, 5.74) is -0.653. The van der Waals surface area contributed by atoms with Crippen LogP contribution in [-0.4, -0.2) is 28.8 Å². The van der Waals surface area contributed by atoms with Crippen LogP contribution in [-0.2, 0) is 16.0 Å². The number of rotatable bonds is 4. The number of nitrogens with one attached hydrogen (secondary N) is 1. The highest BCUT2D eigenvalue weighted by Crippen LogP contribution is 2.44. The Kier molecular flexibility index (Phi) is 5.04. The van der Waals surface area contributed by atoms with Crippen LogP contribution >= 0.6 is 15.9 Å². The predicted octanol–water partition coefficient (Wildman–Crippen LogP) is 3.75. The predicted molar refractivity (Wildman–Crippen MR) is 90.3 cm³/mol. The summed E-state index contributed by atoms with van der Waals surface area (Å²) < 4.78 is 6.14. The van der Waals surface area contributed by atoms with Crippen molar-refractivity contribution in [3.8, 4) is 0 Å². The normalized spacial score (nSPS) is 23.7. The smallest absolute Gasteiger partial charge is 0.407 e. The Labute approximate surface area is 144 Å². The summed E-state index contributed by atoms with van der Waals surface area (Å²) in [6, 6.07) is 7.16. The standard InChI is InChI=1S/C17H22BrNO4/c1-16(2,3)23-15(22)19-13-7-8-17(13,14(20)21)10-11-5-4-6-12(18)9-11/h4-6,9,13H,7-8,10H2,1-3H3,(H,19,22)(H,20,21). The number of alkyl carbamates (subject to hydrolysis) is 1. The molecule has 0 spiro atoms. The van der Waals surface area contributed by atoms with Crippen LogP contribution in [0.2, 0.25) is 0 Å². The third kappa shape index (κ3) is 4.25. The van der Waals surface area contributed by atoms with Gasteiger partial charge in [0.2, 0.25) is 0 Å². The summed E-state index contributed by atoms with van der Waals surface area (Å²) in [6.07, 6.45) is 0.985. The van der Waals surface area contributed by atoms with Crippen molar-refractivity contribution >= 4 is 28.0 Å². The van der Waals surface area contributed by atoms with Crippen LogP contribution in [0.5, 0.6) is 0 Å². The zero-order valence-electron chi connectivity index (χ0n) is 13.6. The fourth-order valence-corrected chi connectivity index (χ4v) is 3.30. The fourth-order valence-electron chi connectivity index (χ4n) is 2.85. The number of hydrogen-bond donors (Lipinski definition) is 2. The van der Waals surface area contributed by atoms with Gasteiger partial charge in [-0.3, -0.25) is 4.79 Å². The van der Waals surface area contributed by atoms with Crippen LogP contribution in [0.1, 0.15) is 39.2 Å². The molecule has 2 unspecified atom stereocenters. The van der Waals surface area contributed by atoms with Crippen molar-refractivity contribution in [3.05, 3.63) is 34.3 Å². The highest BCUT2D eigenvalue weighted by atomic mass is 79.9. The molecule has 1 amide bonds. The average Bonchev–Trinajstić information content (AvgIpc) is 2.38. The van der Waals surface area contributed by atoms with Crippen molar-refractivity contribution in [1.29, 1.82) is 0 Å². The van der Waals surface area contributed by atoms with Gasteiger partial charge in [0.25, 0.3) is 0 Å². The van der Waals surface area contributed by atoms with E-state index in [0.717, 1.165) is 10.0 Å². The quantitative estimate of drug-likeness (QED) is 0.829. The lowest BCUT2D eigenvalue weighted by Crippen LogP contribution is -2.60. The Morgan fingerprint density at radius 3 is 2.61 bits per heavy atom. The van der Waals surface area contributed by atoms with Gasteiger partial charge < -0.3 is 15.2 Å². The first-order valence-corrected chi connectivity index (χ1v) is 8.39. The molecule has 1 aliphatic carbocycles. The van der Waals surface area contributed by atoms with E-state index in [0.29, 0.717) is 19.3 Å². The average molecular weight is 384 g/mol. The molecule has 23 heavy (non-hydrogen) atoms. The van der Waals surface area contributed by atoms with Crippen molar-refractivity contribution in [2.24, 2.45) is 5.41 Å². The molecule has 1 aromatic rings. The Balaban J connectivity index is 2.12. The number of hydrogen-bond acceptors (Lipinski definition) is 3. The summed E-state index contributed by atoms with van der Waals surface area (Å²) >= 11 is 3.40. The minimum atomic E-state index is -0.975. The second kappa shape index (κ2) is 6.51. The highest BCUT2D eigenvalue weighted by Gasteiger charge is 2.54. The van der Waals surface area contributed by atoms with Gasteiger partial charge in [-0.2, -0.15) is 0 Å². The second-order valence-electron chi connectivity index (χ2n) is 7.01. The second-order valence-corrected chi connectivity index (χ2v) is 7.92. The van der Waals surface area contributed by atoms with E-state index in [4.69, 9.17) is 4.74 Å². The molecule has 1 fully saturated rings. The number of benzene rings is 1. The zero-order valence-corrected chi connectivity index (χ0v) is 15.1. The van der Waals surface area contributed by atoms with Crippen LogP contribution < -0.4 is 5.32 Å². The summed E-state index contributed by atoms with van der Waals surface area (Å²) in [6.45, 7) is 5.33. The summed E-state index contributed by atoms with van der Waals surface area (Å²) in [5.74, 6) is -0.884. The molecule has 0 aromatic heterocycles. The van der Waals surface area contributed by atoms with Crippen molar-refractivity contribution in [2.75, 3.05) is 0 Å². The van der Waals surface area contributed by atoms with E-state index in [2.05, 4.69) is 21.2 Å². The maximum Gasteiger partial charge on any atom is 0.407 e. The van der Waals surface area contributed by atoms with Gasteiger partial charge in [-0.15, -0.1) is 0 Å². The third-order valence-corrected chi connectivity index (χ3v) is 4.56. The largest absolute Gasteiger partial charge is 0.481 e. The Bertz CT molecular complexity index is 611. The molecule has 0 aliphatic heterocycles. The van der Waals surface area contributed by atoms with Crippen molar-refractivity contribution < 1.29 is 19.4 Å². The van der Waals surface area contributed by atoms with Crippen LogP contribution in [0.15, 0.2) is 28.7 Å². The van der Waals surface area contributed by atoms with Crippen molar-refractivity contribution in [3.63, 3.8) is 0 Å². The van der Waals surface area contributed by atoms with Gasteiger partial charge in [0.05, 0.1) is 5.41 Å². The number of carboxylic acid groups (broad SMARTS) is 1. The number of ether oxygens (including phenoxy) is 1. The van der Waals surface area contributed by atoms with Gasteiger partial charge >= 0.3 is 12.1 Å². The summed E-state index contributed by atoms with van der Waals surface area (Å²) in [4.78, 5) is 23.8. The molecule has 0 radical (unpaired) electrons. The number of carbonyl (C=O) groups is 2. The molecule has 0 saturated heterocycles. The van der Waals surface area contributed by atoms with Crippen molar-refractivity contribution in [2.45, 2.75) is 51.7 Å². The first-order chi connectivity index (χ1) is 10.6. The van der Waals surface area contributed by atoms with Crippen LogP contribution in [0.25, 0.3) is 0 Å². The Morgan fingerprint density at radius 1 is 1.43 bits per heavy atom. The molecule has 5 nitrogen and oxygen atoms in total. The van der Waals surface area contributed by atoms with Gasteiger partial charge in [-0.1, -0.05) is 28.1 Å². The van der Waals surface area contributed by atoms with Gasteiger partial charge in [-0.05, 0) is 57.7 Å². The number of halogens is 1. The first kappa shape index (κ1) is 17.8. The number of carboxylic acids is 1. The molecule has 2 atom stereocenters. The van der Waals surface area contributed by atoms with E-state index in [1.54, 1.807) is 20.8 Å². The zero-order chi connectivity index (χ0) is 17.3. The Hall–Kier alpha value is -1.56. The number of aliphatic carboxylic acids is 1. The lowest BCUT2D eigenvalue weighted by atomic mass is 9.61. The van der Waals surface area contributed by atoms with E-state index in [1.807, 2.05) is 24.3 Å². The van der Waals surface area contributed by atoms with E-state index in [9.17, 15) is 14.7 Å². The van der Waals surface area contributed by atoms with E-state index >= 15 is 0 Å². The van der Waals surface area contributed by atoms with Gasteiger partial charge in [-0.25, -0.2) is 4.79 Å². The molecule has 2 rings (SSSR count). The molecule has 0 heterocycles. The molecular weight excluding hydrogens is 362 g/mol. The van der Waals surface area contributed by atoms with E-state index < -0.39 is 29.1 Å². The maximum atomic E-state index is 11.9. The highest BCUT2D eigenvalue weighted by molar-refractivity contribution is 9.10. The molecule has 2 N–H and O–H groups in total. The third-order valence-electron chi connectivity index (χ3n) is 4.07. The van der Waals surface area contributed by atoms with Crippen LogP contribution in [0.3, 0.4) is 0 Å². The summed E-state index contributed by atoms with van der Waals surface area (Å²) in [7, 11) is 0. The lowest BCUT2D eigenvalue weighted by molar-refractivity contribution is -0.157. The summed E-state index contributed by atoms with van der Waals surface area (Å²) in [5, 5.41) is 12.5. The Morgan fingerprint density at radius 2 is 2.13 bits per heavy atom. The van der Waals surface area contributed by atoms with Gasteiger partial charge in [0.1, 0.15) is 5.60 Å².